The molecule has 0 saturated carbocycles. The van der Waals surface area contributed by atoms with Crippen molar-refractivity contribution in [3.63, 3.8) is 0 Å². The highest BCUT2D eigenvalue weighted by molar-refractivity contribution is 6.17. The Morgan fingerprint density at radius 3 is 2.33 bits per heavy atom. The van der Waals surface area contributed by atoms with E-state index in [1.165, 1.54) is 0 Å². The number of rotatable bonds is 4. The Kier molecular flexibility index (Phi) is 4.67. The molecule has 0 amide bonds. The fraction of sp³-hybridized carbons (Fsp3) is 0.562. The van der Waals surface area contributed by atoms with Gasteiger partial charge >= 0.3 is 0 Å². The molecule has 2 heterocycles. The first-order valence-corrected chi connectivity index (χ1v) is 7.95. The number of alkyl halides is 1. The molecule has 0 N–H and O–H groups in total. The van der Waals surface area contributed by atoms with Crippen molar-refractivity contribution in [1.82, 2.24) is 19.7 Å². The summed E-state index contributed by atoms with van der Waals surface area (Å²) in [5, 5.41) is 4.57. The van der Waals surface area contributed by atoms with Gasteiger partial charge in [-0.15, -0.1) is 16.7 Å². The molecule has 0 fully saturated rings. The van der Waals surface area contributed by atoms with Gasteiger partial charge in [0.1, 0.15) is 5.82 Å². The van der Waals surface area contributed by atoms with Crippen LogP contribution in [0.5, 0.6) is 0 Å². The van der Waals surface area contributed by atoms with E-state index in [1.54, 1.807) is 0 Å². The number of aromatic nitrogens is 4. The molecular formula is C16H23ClN4. The van der Waals surface area contributed by atoms with E-state index in [-0.39, 0.29) is 5.41 Å². The predicted molar refractivity (Wildman–Crippen MR) is 86.2 cm³/mol. The highest BCUT2D eigenvalue weighted by Gasteiger charge is 2.19. The molecule has 2 aromatic rings. The third-order valence-electron chi connectivity index (χ3n) is 3.36. The molecule has 0 aliphatic rings. The van der Waals surface area contributed by atoms with Gasteiger partial charge in [0, 0.05) is 29.8 Å². The number of hydrogen-bond donors (Lipinski definition) is 0. The molecule has 0 bridgehead atoms. The monoisotopic (exact) mass is 306 g/mol. The third-order valence-corrected chi connectivity index (χ3v) is 3.67. The van der Waals surface area contributed by atoms with Gasteiger partial charge < -0.3 is 0 Å². The number of halogens is 1. The van der Waals surface area contributed by atoms with E-state index in [4.69, 9.17) is 16.6 Å². The zero-order valence-corrected chi connectivity index (χ0v) is 14.2. The Hall–Kier alpha value is -1.42. The van der Waals surface area contributed by atoms with Gasteiger partial charge in [-0.1, -0.05) is 34.6 Å². The zero-order valence-electron chi connectivity index (χ0n) is 13.4. The highest BCUT2D eigenvalue weighted by Crippen LogP contribution is 2.24. The molecule has 2 aromatic heterocycles. The summed E-state index contributed by atoms with van der Waals surface area (Å²) in [7, 11) is 0. The summed E-state index contributed by atoms with van der Waals surface area (Å²) in [5.74, 6) is 3.06. The average Bonchev–Trinajstić information content (AvgIpc) is 2.89. The van der Waals surface area contributed by atoms with Gasteiger partial charge in [-0.05, 0) is 17.7 Å². The molecule has 0 radical (unpaired) electrons. The second-order valence-electron chi connectivity index (χ2n) is 6.17. The Balaban J connectivity index is 2.60. The summed E-state index contributed by atoms with van der Waals surface area (Å²) in [6, 6.07) is 4.06. The summed E-state index contributed by atoms with van der Waals surface area (Å²) in [6.45, 7) is 10.6. The highest BCUT2D eigenvalue weighted by atomic mass is 35.5. The Morgan fingerprint density at radius 2 is 1.81 bits per heavy atom. The van der Waals surface area contributed by atoms with Gasteiger partial charge in [-0.25, -0.2) is 9.97 Å². The van der Waals surface area contributed by atoms with E-state index in [2.05, 4.69) is 50.8 Å². The van der Waals surface area contributed by atoms with Crippen molar-refractivity contribution in [2.24, 2.45) is 0 Å². The van der Waals surface area contributed by atoms with Gasteiger partial charge in [-0.3, -0.25) is 0 Å². The van der Waals surface area contributed by atoms with Crippen LogP contribution in [-0.4, -0.2) is 19.7 Å². The fourth-order valence-electron chi connectivity index (χ4n) is 2.09. The van der Waals surface area contributed by atoms with Crippen LogP contribution >= 0.6 is 11.6 Å². The molecule has 0 unspecified atom stereocenters. The van der Waals surface area contributed by atoms with Gasteiger partial charge in [0.25, 0.3) is 0 Å². The quantitative estimate of drug-likeness (QED) is 0.806. The minimum Gasteiger partial charge on any atom is -0.233 e. The number of nitrogens with zero attached hydrogens (tertiary/aromatic N) is 4. The summed E-state index contributed by atoms with van der Waals surface area (Å²) in [5.41, 5.74) is 2.05. The van der Waals surface area contributed by atoms with Crippen LogP contribution in [0.1, 0.15) is 57.5 Å². The topological polar surface area (TPSA) is 43.6 Å². The lowest BCUT2D eigenvalue weighted by atomic mass is 9.91. The fourth-order valence-corrected chi connectivity index (χ4v) is 2.25. The van der Waals surface area contributed by atoms with Crippen molar-refractivity contribution in [2.75, 3.05) is 0 Å². The van der Waals surface area contributed by atoms with Gasteiger partial charge in [-0.2, -0.15) is 4.68 Å². The number of hydrogen-bond acceptors (Lipinski definition) is 3. The van der Waals surface area contributed by atoms with E-state index in [9.17, 15) is 0 Å². The lowest BCUT2D eigenvalue weighted by Crippen LogP contribution is -2.16. The van der Waals surface area contributed by atoms with E-state index < -0.39 is 0 Å². The maximum Gasteiger partial charge on any atom is 0.156 e. The predicted octanol–water partition coefficient (Wildman–Crippen LogP) is 3.82. The zero-order chi connectivity index (χ0) is 15.6. The van der Waals surface area contributed by atoms with E-state index >= 15 is 0 Å². The molecule has 0 aliphatic carbocycles. The Morgan fingerprint density at radius 1 is 1.10 bits per heavy atom. The van der Waals surface area contributed by atoms with Crippen LogP contribution in [0.25, 0.3) is 5.82 Å². The first-order chi connectivity index (χ1) is 9.88. The molecular weight excluding hydrogens is 284 g/mol. The van der Waals surface area contributed by atoms with Gasteiger partial charge in [0.2, 0.25) is 0 Å². The first-order valence-electron chi connectivity index (χ1n) is 7.41. The van der Waals surface area contributed by atoms with Crippen LogP contribution in [0.3, 0.4) is 0 Å². The van der Waals surface area contributed by atoms with E-state index in [0.29, 0.717) is 5.88 Å². The summed E-state index contributed by atoms with van der Waals surface area (Å²) in [6.07, 6.45) is 1.64. The van der Waals surface area contributed by atoms with E-state index in [0.717, 1.165) is 41.6 Å². The normalized spacial score (nSPS) is 11.9. The maximum atomic E-state index is 6.04. The number of pyridine rings is 1. The Bertz CT molecular complexity index is 626. The molecule has 0 aliphatic heterocycles. The van der Waals surface area contributed by atoms with Gasteiger partial charge in [0.05, 0.1) is 0 Å². The minimum atomic E-state index is -0.0304. The molecule has 0 saturated heterocycles. The van der Waals surface area contributed by atoms with Crippen molar-refractivity contribution < 1.29 is 0 Å². The molecule has 5 heteroatoms. The van der Waals surface area contributed by atoms with Crippen LogP contribution in [0.4, 0.5) is 0 Å². The molecule has 0 spiro atoms. The summed E-state index contributed by atoms with van der Waals surface area (Å²) < 4.78 is 1.85. The molecule has 2 rings (SSSR count). The second kappa shape index (κ2) is 6.14. The number of aryl methyl sites for hydroxylation is 2. The molecule has 4 nitrogen and oxygen atoms in total. The second-order valence-corrected chi connectivity index (χ2v) is 6.43. The molecule has 0 atom stereocenters. The summed E-state index contributed by atoms with van der Waals surface area (Å²) in [4.78, 5) is 9.33. The van der Waals surface area contributed by atoms with Crippen LogP contribution in [0.15, 0.2) is 12.1 Å². The lowest BCUT2D eigenvalue weighted by molar-refractivity contribution is 0.564. The Labute approximate surface area is 131 Å². The molecule has 0 aromatic carbocycles. The van der Waals surface area contributed by atoms with Crippen molar-refractivity contribution in [3.05, 3.63) is 35.0 Å². The minimum absolute atomic E-state index is 0.0304. The SMILES string of the molecule is CCc1nc(CC)n(-c2cc(CCl)cc(C(C)(C)C)n2)n1. The van der Waals surface area contributed by atoms with Crippen molar-refractivity contribution in [3.8, 4) is 5.82 Å². The lowest BCUT2D eigenvalue weighted by Gasteiger charge is -2.19. The van der Waals surface area contributed by atoms with Crippen molar-refractivity contribution >= 4 is 11.6 Å². The van der Waals surface area contributed by atoms with Crippen molar-refractivity contribution in [2.45, 2.75) is 58.8 Å². The van der Waals surface area contributed by atoms with Crippen LogP contribution in [-0.2, 0) is 24.1 Å². The largest absolute Gasteiger partial charge is 0.233 e. The van der Waals surface area contributed by atoms with Crippen LogP contribution < -0.4 is 0 Å². The van der Waals surface area contributed by atoms with Gasteiger partial charge in [0.15, 0.2) is 11.6 Å². The average molecular weight is 307 g/mol. The first kappa shape index (κ1) is 16.0. The van der Waals surface area contributed by atoms with E-state index in [1.807, 2.05) is 10.7 Å². The molecule has 21 heavy (non-hydrogen) atoms. The van der Waals surface area contributed by atoms with Crippen LogP contribution in [0.2, 0.25) is 0 Å². The third kappa shape index (κ3) is 3.43. The van der Waals surface area contributed by atoms with Crippen molar-refractivity contribution in [1.29, 1.82) is 0 Å². The summed E-state index contributed by atoms with van der Waals surface area (Å²) >= 11 is 6.04. The maximum absolute atomic E-state index is 6.04. The smallest absolute Gasteiger partial charge is 0.156 e. The standard InChI is InChI=1S/C16H23ClN4/c1-6-13-19-14(7-2)21(20-13)15-9-11(10-17)8-12(18-15)16(3,4)5/h8-9H,6-7,10H2,1-5H3. The van der Waals surface area contributed by atoms with Crippen LogP contribution in [0, 0.1) is 0 Å². The molecule has 114 valence electrons.